The molecule has 146 valence electrons. The number of nitrogens with zero attached hydrogens (tertiary/aromatic N) is 3. The molecule has 6 heteroatoms. The summed E-state index contributed by atoms with van der Waals surface area (Å²) in [7, 11) is 0. The first-order valence-corrected chi connectivity index (χ1v) is 11.3. The Balaban J connectivity index is 1.44. The number of imide groups is 1. The van der Waals surface area contributed by atoms with Crippen molar-refractivity contribution in [3.05, 3.63) is 51.3 Å². The quantitative estimate of drug-likeness (QED) is 0.572. The molecule has 0 N–H and O–H groups in total. The lowest BCUT2D eigenvalue weighted by Crippen LogP contribution is -2.31. The first kappa shape index (κ1) is 17.9. The van der Waals surface area contributed by atoms with Gasteiger partial charge in [-0.3, -0.25) is 19.5 Å². The first-order valence-electron chi connectivity index (χ1n) is 10.4. The topological polar surface area (TPSA) is 54.7 Å². The second kappa shape index (κ2) is 7.32. The van der Waals surface area contributed by atoms with Crippen LogP contribution in [0.3, 0.4) is 0 Å². The van der Waals surface area contributed by atoms with Crippen molar-refractivity contribution in [3.8, 4) is 0 Å². The van der Waals surface area contributed by atoms with Crippen molar-refractivity contribution in [2.24, 2.45) is 4.99 Å². The lowest BCUT2D eigenvalue weighted by molar-refractivity contribution is 0.0638. The van der Waals surface area contributed by atoms with Crippen molar-refractivity contribution in [1.29, 1.82) is 0 Å². The van der Waals surface area contributed by atoms with Gasteiger partial charge in [-0.05, 0) is 37.8 Å². The smallest absolute Gasteiger partial charge is 0.261 e. The Morgan fingerprint density at radius 1 is 0.929 bits per heavy atom. The molecule has 0 spiro atoms. The molecule has 2 saturated carbocycles. The zero-order valence-electron chi connectivity index (χ0n) is 16.0. The van der Waals surface area contributed by atoms with E-state index in [2.05, 4.69) is 9.95 Å². The summed E-state index contributed by atoms with van der Waals surface area (Å²) >= 11 is 1.66. The molecule has 0 radical (unpaired) electrons. The molecule has 0 saturated heterocycles. The van der Waals surface area contributed by atoms with Crippen LogP contribution >= 0.6 is 11.3 Å². The van der Waals surface area contributed by atoms with Crippen molar-refractivity contribution in [2.45, 2.75) is 70.0 Å². The third-order valence-electron chi connectivity index (χ3n) is 6.04. The molecule has 2 aromatic rings. The third-order valence-corrected chi connectivity index (χ3v) is 6.95. The third kappa shape index (κ3) is 3.24. The summed E-state index contributed by atoms with van der Waals surface area (Å²) in [6, 6.07) is 7.99. The summed E-state index contributed by atoms with van der Waals surface area (Å²) < 4.78 is 2.30. The van der Waals surface area contributed by atoms with E-state index in [1.807, 2.05) is 12.1 Å². The van der Waals surface area contributed by atoms with Gasteiger partial charge in [0, 0.05) is 11.4 Å². The summed E-state index contributed by atoms with van der Waals surface area (Å²) in [5.41, 5.74) is 2.07. The Bertz CT molecular complexity index is 943. The van der Waals surface area contributed by atoms with Crippen molar-refractivity contribution in [1.82, 2.24) is 9.47 Å². The van der Waals surface area contributed by atoms with Gasteiger partial charge in [-0.2, -0.15) is 0 Å². The number of hydrogen-bond acceptors (Lipinski definition) is 4. The number of benzene rings is 1. The van der Waals surface area contributed by atoms with Gasteiger partial charge in [-0.1, -0.05) is 37.8 Å². The van der Waals surface area contributed by atoms with Gasteiger partial charge in [-0.15, -0.1) is 11.3 Å². The molecule has 2 fully saturated rings. The monoisotopic (exact) mass is 395 g/mol. The van der Waals surface area contributed by atoms with E-state index in [1.54, 1.807) is 23.5 Å². The van der Waals surface area contributed by atoms with Crippen LogP contribution in [0.2, 0.25) is 0 Å². The predicted octanol–water partition coefficient (Wildman–Crippen LogP) is 4.30. The minimum Gasteiger partial charge on any atom is -0.316 e. The molecular formula is C22H25N3O2S. The van der Waals surface area contributed by atoms with Crippen molar-refractivity contribution in [3.63, 3.8) is 0 Å². The van der Waals surface area contributed by atoms with Crippen LogP contribution in [0.4, 0.5) is 0 Å². The lowest BCUT2D eigenvalue weighted by Gasteiger charge is -2.16. The second-order valence-electron chi connectivity index (χ2n) is 8.13. The standard InChI is InChI=1S/C22H25N3O2S/c26-20-18-9-5-6-10-19(18)21(27)24(20)13-17-14-28-22(25(17)16-11-12-16)23-15-7-3-1-2-4-8-15/h5-6,9-10,14-16H,1-4,7-8,11-13H2. The summed E-state index contributed by atoms with van der Waals surface area (Å²) in [4.78, 5) is 33.1. The lowest BCUT2D eigenvalue weighted by atomic mass is 10.1. The molecule has 1 aliphatic heterocycles. The fourth-order valence-corrected chi connectivity index (χ4v) is 5.39. The van der Waals surface area contributed by atoms with Gasteiger partial charge in [0.25, 0.3) is 11.8 Å². The van der Waals surface area contributed by atoms with Crippen LogP contribution in [0.15, 0.2) is 34.6 Å². The molecule has 0 atom stereocenters. The minimum atomic E-state index is -0.184. The number of fused-ring (bicyclic) bond motifs is 1. The Morgan fingerprint density at radius 2 is 1.57 bits per heavy atom. The van der Waals surface area contributed by atoms with Crippen molar-refractivity contribution < 1.29 is 9.59 Å². The average Bonchev–Trinajstić information content (AvgIpc) is 3.48. The number of thiazole rings is 1. The van der Waals surface area contributed by atoms with Gasteiger partial charge in [0.15, 0.2) is 4.80 Å². The highest BCUT2D eigenvalue weighted by Crippen LogP contribution is 2.36. The molecule has 0 bridgehead atoms. The molecular weight excluding hydrogens is 370 g/mol. The number of carbonyl (C=O) groups excluding carboxylic acids is 2. The fraction of sp³-hybridized carbons (Fsp3) is 0.500. The van der Waals surface area contributed by atoms with E-state index in [9.17, 15) is 9.59 Å². The Kier molecular flexibility index (Phi) is 4.67. The highest BCUT2D eigenvalue weighted by Gasteiger charge is 2.36. The number of aromatic nitrogens is 1. The largest absolute Gasteiger partial charge is 0.316 e. The van der Waals surface area contributed by atoms with Gasteiger partial charge in [-0.25, -0.2) is 0 Å². The molecule has 2 heterocycles. The molecule has 3 aliphatic rings. The maximum atomic E-state index is 12.7. The van der Waals surface area contributed by atoms with Crippen LogP contribution in [0.25, 0.3) is 0 Å². The van der Waals surface area contributed by atoms with Crippen LogP contribution in [-0.2, 0) is 6.54 Å². The summed E-state index contributed by atoms with van der Waals surface area (Å²) in [5, 5.41) is 2.09. The number of carbonyl (C=O) groups is 2. The zero-order valence-corrected chi connectivity index (χ0v) is 16.8. The van der Waals surface area contributed by atoms with Gasteiger partial charge >= 0.3 is 0 Å². The highest BCUT2D eigenvalue weighted by molar-refractivity contribution is 7.07. The molecule has 5 nitrogen and oxygen atoms in total. The molecule has 2 aliphatic carbocycles. The fourth-order valence-electron chi connectivity index (χ4n) is 4.37. The van der Waals surface area contributed by atoms with Gasteiger partial charge in [0.2, 0.25) is 0 Å². The van der Waals surface area contributed by atoms with Crippen LogP contribution in [0.5, 0.6) is 0 Å². The molecule has 5 rings (SSSR count). The van der Waals surface area contributed by atoms with Gasteiger partial charge in [0.05, 0.1) is 29.4 Å². The minimum absolute atomic E-state index is 0.184. The maximum absolute atomic E-state index is 12.7. The van der Waals surface area contributed by atoms with Crippen molar-refractivity contribution in [2.75, 3.05) is 0 Å². The van der Waals surface area contributed by atoms with E-state index < -0.39 is 0 Å². The first-order chi connectivity index (χ1) is 13.7. The molecule has 28 heavy (non-hydrogen) atoms. The maximum Gasteiger partial charge on any atom is 0.261 e. The molecule has 0 unspecified atom stereocenters. The van der Waals surface area contributed by atoms with E-state index in [1.165, 1.54) is 43.4 Å². The normalized spacial score (nSPS) is 21.3. The summed E-state index contributed by atoms with van der Waals surface area (Å²) in [5.74, 6) is -0.368. The number of rotatable bonds is 4. The van der Waals surface area contributed by atoms with Crippen molar-refractivity contribution >= 4 is 23.2 Å². The molecule has 1 aromatic heterocycles. The van der Waals surface area contributed by atoms with E-state index in [0.29, 0.717) is 29.8 Å². The second-order valence-corrected chi connectivity index (χ2v) is 8.96. The van der Waals surface area contributed by atoms with Gasteiger partial charge < -0.3 is 4.57 Å². The van der Waals surface area contributed by atoms with Crippen LogP contribution in [0, 0.1) is 0 Å². The average molecular weight is 396 g/mol. The van der Waals surface area contributed by atoms with E-state index in [4.69, 9.17) is 4.99 Å². The van der Waals surface area contributed by atoms with Gasteiger partial charge in [0.1, 0.15) is 0 Å². The summed E-state index contributed by atoms with van der Waals surface area (Å²) in [6.45, 7) is 0.333. The Morgan fingerprint density at radius 3 is 2.18 bits per heavy atom. The predicted molar refractivity (Wildman–Crippen MR) is 108 cm³/mol. The molecule has 2 amide bonds. The van der Waals surface area contributed by atoms with Crippen LogP contribution < -0.4 is 4.80 Å². The van der Waals surface area contributed by atoms with E-state index in [-0.39, 0.29) is 11.8 Å². The van der Waals surface area contributed by atoms with Crippen LogP contribution in [0.1, 0.15) is 83.8 Å². The Hall–Kier alpha value is -2.21. The SMILES string of the molecule is O=C1c2ccccc2C(=O)N1Cc1csc(=NC2CCCCCC2)n1C1CC1. The number of amides is 2. The number of hydrogen-bond donors (Lipinski definition) is 0. The zero-order chi connectivity index (χ0) is 19.1. The van der Waals surface area contributed by atoms with E-state index in [0.717, 1.165) is 23.3 Å². The Labute approximate surface area is 168 Å². The summed E-state index contributed by atoms with van der Waals surface area (Å²) in [6.07, 6.45) is 9.85. The highest BCUT2D eigenvalue weighted by atomic mass is 32.1. The molecule has 1 aromatic carbocycles. The van der Waals surface area contributed by atoms with Crippen LogP contribution in [-0.4, -0.2) is 27.3 Å². The van der Waals surface area contributed by atoms with E-state index >= 15 is 0 Å².